The van der Waals surface area contributed by atoms with E-state index in [0.29, 0.717) is 0 Å². The molecule has 0 bridgehead atoms. The Kier molecular flexibility index (Phi) is 5.12. The van der Waals surface area contributed by atoms with E-state index in [1.54, 1.807) is 0 Å². The molecule has 0 fully saturated rings. The number of anilines is 1. The van der Waals surface area contributed by atoms with E-state index in [1.165, 1.54) is 12.1 Å². The summed E-state index contributed by atoms with van der Waals surface area (Å²) in [5.74, 6) is -1.24. The minimum absolute atomic E-state index is 0.108. The van der Waals surface area contributed by atoms with E-state index in [4.69, 9.17) is 46.4 Å². The molecule has 0 saturated carbocycles. The van der Waals surface area contributed by atoms with Crippen LogP contribution < -0.4 is 5.32 Å². The molecule has 11 heteroatoms. The number of carbonyl (C=O) groups is 1. The van der Waals surface area contributed by atoms with Gasteiger partial charge in [-0.15, -0.1) is 11.6 Å². The van der Waals surface area contributed by atoms with Crippen LogP contribution in [-0.4, -0.2) is 26.5 Å². The Morgan fingerprint density at radius 1 is 1.32 bits per heavy atom. The number of alkyl halides is 1. The molecule has 0 aliphatic rings. The molecule has 0 spiro atoms. The lowest BCUT2D eigenvalue weighted by atomic mass is 10.3. The van der Waals surface area contributed by atoms with Crippen LogP contribution in [0.25, 0.3) is 5.69 Å². The second kappa shape index (κ2) is 6.70. The predicted octanol–water partition coefficient (Wildman–Crippen LogP) is 3.92. The maximum atomic E-state index is 11.5. The Hall–Kier alpha value is -1.54. The zero-order valence-corrected chi connectivity index (χ0v) is 13.5. The average Bonchev–Trinajstić information content (AvgIpc) is 2.81. The number of rotatable bonds is 4. The van der Waals surface area contributed by atoms with Crippen molar-refractivity contribution in [3.8, 4) is 5.69 Å². The first-order valence-electron chi connectivity index (χ1n) is 5.58. The zero-order valence-electron chi connectivity index (χ0n) is 10.5. The largest absolute Gasteiger partial charge is 0.331 e. The first kappa shape index (κ1) is 16.8. The molecule has 0 unspecified atom stereocenters. The van der Waals surface area contributed by atoms with Crippen LogP contribution in [0.2, 0.25) is 15.1 Å². The summed E-state index contributed by atoms with van der Waals surface area (Å²) in [7, 11) is 0. The van der Waals surface area contributed by atoms with Crippen molar-refractivity contribution >= 4 is 63.8 Å². The Morgan fingerprint density at radius 3 is 2.41 bits per heavy atom. The number of hydrogen-bond acceptors (Lipinski definition) is 4. The van der Waals surface area contributed by atoms with Crippen molar-refractivity contribution in [2.45, 2.75) is 0 Å². The van der Waals surface area contributed by atoms with E-state index in [-0.39, 0.29) is 32.5 Å². The standard InChI is InChI=1S/C11H6Cl4N4O3/c12-3-9(20)17-11-8(19(21)22)4-16-18(11)10-6(14)1-5(13)2-7(10)15/h1-2,4H,3H2,(H,17,20). The van der Waals surface area contributed by atoms with Gasteiger partial charge in [-0.25, -0.2) is 4.68 Å². The molecule has 22 heavy (non-hydrogen) atoms. The Morgan fingerprint density at radius 2 is 1.91 bits per heavy atom. The van der Waals surface area contributed by atoms with Crippen LogP contribution in [0.1, 0.15) is 0 Å². The molecule has 7 nitrogen and oxygen atoms in total. The topological polar surface area (TPSA) is 90.1 Å². The fourth-order valence-corrected chi connectivity index (χ4v) is 2.71. The highest BCUT2D eigenvalue weighted by atomic mass is 35.5. The van der Waals surface area contributed by atoms with Gasteiger partial charge < -0.3 is 5.32 Å². The highest BCUT2D eigenvalue weighted by molar-refractivity contribution is 6.40. The third-order valence-corrected chi connectivity index (χ3v) is 3.56. The molecule has 1 aromatic heterocycles. The van der Waals surface area contributed by atoms with Crippen LogP contribution in [0.3, 0.4) is 0 Å². The molecule has 0 saturated heterocycles. The highest BCUT2D eigenvalue weighted by Gasteiger charge is 2.25. The summed E-state index contributed by atoms with van der Waals surface area (Å²) in [5.41, 5.74) is -0.286. The lowest BCUT2D eigenvalue weighted by molar-refractivity contribution is -0.384. The second-order valence-corrected chi connectivity index (χ2v) is 5.47. The van der Waals surface area contributed by atoms with Crippen molar-refractivity contribution in [2.24, 2.45) is 0 Å². The molecule has 2 rings (SSSR count). The van der Waals surface area contributed by atoms with E-state index in [0.717, 1.165) is 10.9 Å². The Bertz CT molecular complexity index is 739. The zero-order chi connectivity index (χ0) is 16.4. The number of aromatic nitrogens is 2. The summed E-state index contributed by atoms with van der Waals surface area (Å²) in [6, 6.07) is 2.79. The van der Waals surface area contributed by atoms with Gasteiger partial charge in [0, 0.05) is 5.02 Å². The molecule has 1 heterocycles. The van der Waals surface area contributed by atoms with E-state index >= 15 is 0 Å². The second-order valence-electron chi connectivity index (χ2n) is 3.95. The maximum absolute atomic E-state index is 11.5. The van der Waals surface area contributed by atoms with Gasteiger partial charge in [0.15, 0.2) is 0 Å². The molecule has 1 N–H and O–H groups in total. The summed E-state index contributed by atoms with van der Waals surface area (Å²) in [6.07, 6.45) is 0.963. The molecule has 0 aliphatic carbocycles. The first-order chi connectivity index (χ1) is 10.3. The van der Waals surface area contributed by atoms with Gasteiger partial charge >= 0.3 is 5.69 Å². The normalized spacial score (nSPS) is 10.5. The molecule has 0 radical (unpaired) electrons. The van der Waals surface area contributed by atoms with Crippen molar-refractivity contribution in [2.75, 3.05) is 11.2 Å². The van der Waals surface area contributed by atoms with E-state index in [1.807, 2.05) is 0 Å². The quantitative estimate of drug-likeness (QED) is 0.492. The van der Waals surface area contributed by atoms with Crippen LogP contribution in [0.4, 0.5) is 11.5 Å². The molecule has 116 valence electrons. The smallest absolute Gasteiger partial charge is 0.304 e. The third-order valence-electron chi connectivity index (χ3n) is 2.52. The predicted molar refractivity (Wildman–Crippen MR) is 84.6 cm³/mol. The number of nitrogens with one attached hydrogen (secondary N) is 1. The van der Waals surface area contributed by atoms with Crippen LogP contribution in [0.5, 0.6) is 0 Å². The van der Waals surface area contributed by atoms with Crippen LogP contribution in [-0.2, 0) is 4.79 Å². The summed E-state index contributed by atoms with van der Waals surface area (Å²) in [4.78, 5) is 21.8. The van der Waals surface area contributed by atoms with Crippen LogP contribution in [0, 0.1) is 10.1 Å². The number of nitrogens with zero attached hydrogens (tertiary/aromatic N) is 3. The van der Waals surface area contributed by atoms with Gasteiger partial charge in [0.1, 0.15) is 17.8 Å². The molecule has 2 aromatic rings. The highest BCUT2D eigenvalue weighted by Crippen LogP contribution is 2.36. The maximum Gasteiger partial charge on any atom is 0.331 e. The minimum atomic E-state index is -0.703. The van der Waals surface area contributed by atoms with E-state index in [9.17, 15) is 14.9 Å². The van der Waals surface area contributed by atoms with Crippen molar-refractivity contribution in [3.63, 3.8) is 0 Å². The Labute approximate surface area is 143 Å². The lowest BCUT2D eigenvalue weighted by Gasteiger charge is -2.11. The minimum Gasteiger partial charge on any atom is -0.304 e. The fourth-order valence-electron chi connectivity index (χ4n) is 1.66. The van der Waals surface area contributed by atoms with Crippen molar-refractivity contribution < 1.29 is 9.72 Å². The van der Waals surface area contributed by atoms with Gasteiger partial charge in [-0.1, -0.05) is 34.8 Å². The number of amides is 1. The van der Waals surface area contributed by atoms with Gasteiger partial charge in [-0.3, -0.25) is 14.9 Å². The average molecular weight is 384 g/mol. The number of nitro groups is 1. The Balaban J connectivity index is 2.66. The lowest BCUT2D eigenvalue weighted by Crippen LogP contribution is -2.17. The van der Waals surface area contributed by atoms with Gasteiger partial charge in [0.05, 0.1) is 15.0 Å². The number of carbonyl (C=O) groups excluding carboxylic acids is 1. The van der Waals surface area contributed by atoms with Crippen LogP contribution in [0.15, 0.2) is 18.3 Å². The molecule has 0 aliphatic heterocycles. The molecular formula is C11H6Cl4N4O3. The van der Waals surface area contributed by atoms with E-state index in [2.05, 4.69) is 10.4 Å². The van der Waals surface area contributed by atoms with Crippen molar-refractivity contribution in [3.05, 3.63) is 43.5 Å². The number of hydrogen-bond donors (Lipinski definition) is 1. The van der Waals surface area contributed by atoms with Gasteiger partial charge in [0.25, 0.3) is 0 Å². The number of halogens is 4. The van der Waals surface area contributed by atoms with Gasteiger partial charge in [0.2, 0.25) is 11.7 Å². The summed E-state index contributed by atoms with van der Waals surface area (Å²) >= 11 is 23.3. The number of benzene rings is 1. The van der Waals surface area contributed by atoms with Gasteiger partial charge in [-0.05, 0) is 12.1 Å². The fraction of sp³-hybridized carbons (Fsp3) is 0.0909. The summed E-state index contributed by atoms with van der Waals surface area (Å²) in [5, 5.41) is 17.7. The first-order valence-corrected chi connectivity index (χ1v) is 7.25. The SMILES string of the molecule is O=C(CCl)Nc1c([N+](=O)[O-])cnn1-c1c(Cl)cc(Cl)cc1Cl. The van der Waals surface area contributed by atoms with Crippen LogP contribution >= 0.6 is 46.4 Å². The van der Waals surface area contributed by atoms with Gasteiger partial charge in [-0.2, -0.15) is 5.10 Å². The third kappa shape index (κ3) is 3.27. The monoisotopic (exact) mass is 382 g/mol. The molecule has 1 amide bonds. The van der Waals surface area contributed by atoms with Crippen molar-refractivity contribution in [1.82, 2.24) is 9.78 Å². The van der Waals surface area contributed by atoms with E-state index < -0.39 is 16.5 Å². The molecule has 0 atom stereocenters. The van der Waals surface area contributed by atoms with Crippen molar-refractivity contribution in [1.29, 1.82) is 0 Å². The molecular weight excluding hydrogens is 378 g/mol. The molecule has 1 aromatic carbocycles. The summed E-state index contributed by atoms with van der Waals surface area (Å²) in [6.45, 7) is 0. The summed E-state index contributed by atoms with van der Waals surface area (Å²) < 4.78 is 1.05.